The summed E-state index contributed by atoms with van der Waals surface area (Å²) in [6.07, 6.45) is 1.12. The highest BCUT2D eigenvalue weighted by molar-refractivity contribution is 5.99. The molecule has 0 radical (unpaired) electrons. The third-order valence-electron chi connectivity index (χ3n) is 2.52. The first kappa shape index (κ1) is 10.7. The van der Waals surface area contributed by atoms with E-state index in [1.165, 1.54) is 17.0 Å². The van der Waals surface area contributed by atoms with Crippen molar-refractivity contribution in [3.05, 3.63) is 36.0 Å². The number of aliphatic hydroxyl groups excluding tert-OH is 1. The molecule has 0 fully saturated rings. The molecule has 1 unspecified atom stereocenters. The molecule has 2 rings (SSSR count). The summed E-state index contributed by atoms with van der Waals surface area (Å²) in [6, 6.07) is 6.28. The minimum absolute atomic E-state index is 0.148. The maximum Gasteiger partial charge on any atom is 0.260 e. The molecule has 4 nitrogen and oxygen atoms in total. The topological polar surface area (TPSA) is 60.8 Å². The normalized spacial score (nSPS) is 20.9. The second-order valence-corrected chi connectivity index (χ2v) is 3.92. The van der Waals surface area contributed by atoms with Crippen molar-refractivity contribution < 1.29 is 15.0 Å². The van der Waals surface area contributed by atoms with Gasteiger partial charge in [0.15, 0.2) is 0 Å². The molecule has 1 aliphatic heterocycles. The Labute approximate surface area is 93.4 Å². The Balaban J connectivity index is 2.36. The van der Waals surface area contributed by atoms with Gasteiger partial charge in [-0.1, -0.05) is 5.57 Å². The molecule has 1 aliphatic rings. The number of nitrogens with zero attached hydrogens (tertiary/aromatic N) is 1. The molecule has 0 bridgehead atoms. The molecule has 4 heteroatoms. The zero-order valence-electron chi connectivity index (χ0n) is 8.92. The van der Waals surface area contributed by atoms with E-state index in [1.807, 2.05) is 6.92 Å². The average molecular weight is 219 g/mol. The Morgan fingerprint density at radius 3 is 2.56 bits per heavy atom. The van der Waals surface area contributed by atoms with Crippen LogP contribution in [0.15, 0.2) is 36.0 Å². The van der Waals surface area contributed by atoms with Gasteiger partial charge < -0.3 is 10.2 Å². The molecule has 2 N–H and O–H groups in total. The van der Waals surface area contributed by atoms with Crippen LogP contribution in [0.2, 0.25) is 0 Å². The first-order valence-electron chi connectivity index (χ1n) is 5.05. The molecule has 1 atom stereocenters. The van der Waals surface area contributed by atoms with Gasteiger partial charge in [-0.05, 0) is 31.2 Å². The Hall–Kier alpha value is -1.81. The van der Waals surface area contributed by atoms with E-state index in [0.29, 0.717) is 12.1 Å². The lowest BCUT2D eigenvalue weighted by molar-refractivity contribution is -0.126. The van der Waals surface area contributed by atoms with Crippen LogP contribution in [0.3, 0.4) is 0 Å². The van der Waals surface area contributed by atoms with Crippen molar-refractivity contribution in [3.63, 3.8) is 0 Å². The molecule has 16 heavy (non-hydrogen) atoms. The number of hydrogen-bond donors (Lipinski definition) is 2. The molecular formula is C12H13NO3. The fourth-order valence-electron chi connectivity index (χ4n) is 1.70. The quantitative estimate of drug-likeness (QED) is 0.750. The summed E-state index contributed by atoms with van der Waals surface area (Å²) < 4.78 is 0. The molecule has 0 aliphatic carbocycles. The van der Waals surface area contributed by atoms with Gasteiger partial charge in [0.05, 0.1) is 0 Å². The number of aliphatic hydroxyl groups is 1. The number of amides is 1. The molecule has 1 amide bonds. The standard InChI is InChI=1S/C12H13NO3/c1-8-6-11(15)12(16)13(7-8)9-2-4-10(14)5-3-9/h2-5,7,11,14-15H,6H2,1H3. The van der Waals surface area contributed by atoms with Gasteiger partial charge >= 0.3 is 0 Å². The van der Waals surface area contributed by atoms with Gasteiger partial charge in [0.2, 0.25) is 0 Å². The van der Waals surface area contributed by atoms with Gasteiger partial charge in [-0.2, -0.15) is 0 Å². The minimum Gasteiger partial charge on any atom is -0.508 e. The number of carbonyl (C=O) groups is 1. The van der Waals surface area contributed by atoms with E-state index >= 15 is 0 Å². The molecule has 0 saturated heterocycles. The summed E-state index contributed by atoms with van der Waals surface area (Å²) in [6.45, 7) is 1.86. The fourth-order valence-corrected chi connectivity index (χ4v) is 1.70. The lowest BCUT2D eigenvalue weighted by Gasteiger charge is -2.27. The Bertz CT molecular complexity index is 436. The van der Waals surface area contributed by atoms with Crippen molar-refractivity contribution in [1.82, 2.24) is 0 Å². The Kier molecular flexibility index (Phi) is 2.66. The number of phenolic OH excluding ortho intramolecular Hbond substituents is 1. The van der Waals surface area contributed by atoms with Crippen molar-refractivity contribution >= 4 is 11.6 Å². The van der Waals surface area contributed by atoms with E-state index in [-0.39, 0.29) is 11.7 Å². The predicted octanol–water partition coefficient (Wildman–Crippen LogP) is 1.39. The zero-order chi connectivity index (χ0) is 11.7. The molecule has 1 aromatic rings. The summed E-state index contributed by atoms with van der Waals surface area (Å²) in [4.78, 5) is 13.1. The monoisotopic (exact) mass is 219 g/mol. The zero-order valence-corrected chi connectivity index (χ0v) is 8.92. The molecule has 0 saturated carbocycles. The number of carbonyl (C=O) groups excluding carboxylic acids is 1. The van der Waals surface area contributed by atoms with Crippen molar-refractivity contribution in [2.45, 2.75) is 19.4 Å². The molecule has 0 aromatic heterocycles. The number of hydrogen-bond acceptors (Lipinski definition) is 3. The van der Waals surface area contributed by atoms with Crippen LogP contribution in [-0.2, 0) is 4.79 Å². The van der Waals surface area contributed by atoms with Gasteiger partial charge in [0.25, 0.3) is 5.91 Å². The van der Waals surface area contributed by atoms with E-state index in [4.69, 9.17) is 5.11 Å². The maximum absolute atomic E-state index is 11.7. The van der Waals surface area contributed by atoms with Crippen LogP contribution in [0, 0.1) is 0 Å². The van der Waals surface area contributed by atoms with E-state index in [9.17, 15) is 9.90 Å². The van der Waals surface area contributed by atoms with Gasteiger partial charge in [-0.3, -0.25) is 9.69 Å². The van der Waals surface area contributed by atoms with Gasteiger partial charge in [0.1, 0.15) is 11.9 Å². The van der Waals surface area contributed by atoms with Crippen LogP contribution in [-0.4, -0.2) is 22.2 Å². The van der Waals surface area contributed by atoms with Gasteiger partial charge in [-0.15, -0.1) is 0 Å². The van der Waals surface area contributed by atoms with Crippen LogP contribution >= 0.6 is 0 Å². The third kappa shape index (κ3) is 1.92. The van der Waals surface area contributed by atoms with Gasteiger partial charge in [0, 0.05) is 18.3 Å². The average Bonchev–Trinajstić information content (AvgIpc) is 2.25. The van der Waals surface area contributed by atoms with Crippen LogP contribution < -0.4 is 4.90 Å². The number of benzene rings is 1. The Morgan fingerprint density at radius 1 is 1.31 bits per heavy atom. The summed E-state index contributed by atoms with van der Waals surface area (Å²) in [5.41, 5.74) is 1.58. The molecule has 1 heterocycles. The highest BCUT2D eigenvalue weighted by Gasteiger charge is 2.26. The summed E-state index contributed by atoms with van der Waals surface area (Å²) in [5, 5.41) is 18.7. The van der Waals surface area contributed by atoms with Gasteiger partial charge in [-0.25, -0.2) is 0 Å². The maximum atomic E-state index is 11.7. The fraction of sp³-hybridized carbons (Fsp3) is 0.250. The lowest BCUT2D eigenvalue weighted by atomic mass is 10.1. The first-order chi connectivity index (χ1) is 7.58. The SMILES string of the molecule is CC1=CN(c2ccc(O)cc2)C(=O)C(O)C1. The van der Waals surface area contributed by atoms with E-state index < -0.39 is 6.10 Å². The predicted molar refractivity (Wildman–Crippen MR) is 60.0 cm³/mol. The highest BCUT2D eigenvalue weighted by Crippen LogP contribution is 2.24. The smallest absolute Gasteiger partial charge is 0.260 e. The van der Waals surface area contributed by atoms with Crippen LogP contribution in [0.4, 0.5) is 5.69 Å². The number of aromatic hydroxyl groups is 1. The van der Waals surface area contributed by atoms with Crippen LogP contribution in [0.5, 0.6) is 5.75 Å². The summed E-state index contributed by atoms with van der Waals surface area (Å²) >= 11 is 0. The second kappa shape index (κ2) is 3.98. The molecule has 84 valence electrons. The molecule has 0 spiro atoms. The van der Waals surface area contributed by atoms with Crippen molar-refractivity contribution in [2.75, 3.05) is 4.90 Å². The van der Waals surface area contributed by atoms with Crippen LogP contribution in [0.1, 0.15) is 13.3 Å². The largest absolute Gasteiger partial charge is 0.508 e. The van der Waals surface area contributed by atoms with Crippen molar-refractivity contribution in [3.8, 4) is 5.75 Å². The Morgan fingerprint density at radius 2 is 1.94 bits per heavy atom. The van der Waals surface area contributed by atoms with Crippen molar-refractivity contribution in [2.24, 2.45) is 0 Å². The van der Waals surface area contributed by atoms with Crippen molar-refractivity contribution in [1.29, 1.82) is 0 Å². The number of rotatable bonds is 1. The minimum atomic E-state index is -0.973. The molecule has 1 aromatic carbocycles. The van der Waals surface area contributed by atoms with E-state index in [1.54, 1.807) is 18.3 Å². The van der Waals surface area contributed by atoms with E-state index in [0.717, 1.165) is 5.57 Å². The van der Waals surface area contributed by atoms with E-state index in [2.05, 4.69) is 0 Å². The first-order valence-corrected chi connectivity index (χ1v) is 5.05. The second-order valence-electron chi connectivity index (χ2n) is 3.92. The number of phenols is 1. The third-order valence-corrected chi connectivity index (χ3v) is 2.52. The van der Waals surface area contributed by atoms with Crippen LogP contribution in [0.25, 0.3) is 0 Å². The number of anilines is 1. The molecular weight excluding hydrogens is 206 g/mol. The summed E-state index contributed by atoms with van der Waals surface area (Å²) in [5.74, 6) is -0.189. The summed E-state index contributed by atoms with van der Waals surface area (Å²) in [7, 11) is 0. The highest BCUT2D eigenvalue weighted by atomic mass is 16.3. The lowest BCUT2D eigenvalue weighted by Crippen LogP contribution is -2.39.